The fourth-order valence-corrected chi connectivity index (χ4v) is 2.42. The van der Waals surface area contributed by atoms with Gasteiger partial charge in [-0.1, -0.05) is 19.9 Å². The van der Waals surface area contributed by atoms with Gasteiger partial charge in [-0.3, -0.25) is 4.98 Å². The third kappa shape index (κ3) is 4.45. The van der Waals surface area contributed by atoms with Crippen molar-refractivity contribution in [3.63, 3.8) is 0 Å². The average molecular weight is 328 g/mol. The van der Waals surface area contributed by atoms with Crippen molar-refractivity contribution in [2.24, 2.45) is 0 Å². The van der Waals surface area contributed by atoms with Gasteiger partial charge in [0.05, 0.1) is 25.2 Å². The second kappa shape index (κ2) is 8.11. The van der Waals surface area contributed by atoms with Crippen molar-refractivity contribution in [3.8, 4) is 17.0 Å². The number of methoxy groups -OCH3 is 1. The molecule has 2 rings (SSSR count). The zero-order valence-corrected chi connectivity index (χ0v) is 15.6. The largest absolute Gasteiger partial charge is 0.496 e. The number of benzene rings is 1. The highest BCUT2D eigenvalue weighted by Crippen LogP contribution is 2.32. The zero-order valence-electron chi connectivity index (χ0n) is 15.6. The maximum absolute atomic E-state index is 5.53. The van der Waals surface area contributed by atoms with Crippen LogP contribution in [0.25, 0.3) is 11.3 Å². The van der Waals surface area contributed by atoms with Gasteiger partial charge in [0, 0.05) is 25.7 Å². The van der Waals surface area contributed by atoms with Crippen LogP contribution in [-0.4, -0.2) is 56.2 Å². The van der Waals surface area contributed by atoms with Gasteiger partial charge in [0.2, 0.25) is 0 Å². The Bertz CT molecular complexity index is 670. The van der Waals surface area contributed by atoms with E-state index in [2.05, 4.69) is 54.9 Å². The quantitative estimate of drug-likeness (QED) is 0.780. The molecule has 0 fully saturated rings. The maximum atomic E-state index is 5.53. The number of nitrogens with zero attached hydrogens (tertiary/aromatic N) is 4. The number of ether oxygens (including phenoxy) is 1. The number of rotatable bonds is 7. The van der Waals surface area contributed by atoms with Crippen LogP contribution in [0.3, 0.4) is 0 Å². The standard InChI is InChI=1S/C19H28N4O/c1-14(2)15-7-8-18(24-6)16(11-15)17-12-20-13-19(21-17)23(5)10-9-22(3)4/h7-8,11-14H,9-10H2,1-6H3. The molecule has 0 saturated carbocycles. The first-order chi connectivity index (χ1) is 11.4. The first-order valence-electron chi connectivity index (χ1n) is 8.28. The van der Waals surface area contributed by atoms with Crippen LogP contribution in [-0.2, 0) is 0 Å². The number of anilines is 1. The number of hydrogen-bond acceptors (Lipinski definition) is 5. The monoisotopic (exact) mass is 328 g/mol. The third-order valence-corrected chi connectivity index (χ3v) is 4.06. The lowest BCUT2D eigenvalue weighted by atomic mass is 9.99. The topological polar surface area (TPSA) is 41.5 Å². The summed E-state index contributed by atoms with van der Waals surface area (Å²) in [5.74, 6) is 2.14. The van der Waals surface area contributed by atoms with Gasteiger partial charge in [-0.2, -0.15) is 0 Å². The van der Waals surface area contributed by atoms with Gasteiger partial charge in [-0.05, 0) is 37.7 Å². The summed E-state index contributed by atoms with van der Waals surface area (Å²) < 4.78 is 5.53. The van der Waals surface area contributed by atoms with Crippen LogP contribution in [0.1, 0.15) is 25.3 Å². The molecule has 1 aromatic carbocycles. The van der Waals surface area contributed by atoms with Crippen molar-refractivity contribution in [1.29, 1.82) is 0 Å². The molecule has 24 heavy (non-hydrogen) atoms. The molecule has 130 valence electrons. The normalized spacial score (nSPS) is 11.2. The molecule has 2 aromatic rings. The van der Waals surface area contributed by atoms with Crippen LogP contribution >= 0.6 is 0 Å². The molecule has 0 aliphatic heterocycles. The molecule has 0 bridgehead atoms. The minimum atomic E-state index is 0.452. The molecule has 5 nitrogen and oxygen atoms in total. The predicted molar refractivity (Wildman–Crippen MR) is 99.9 cm³/mol. The average Bonchev–Trinajstić information content (AvgIpc) is 2.59. The summed E-state index contributed by atoms with van der Waals surface area (Å²) in [6, 6.07) is 6.26. The van der Waals surface area contributed by atoms with E-state index in [9.17, 15) is 0 Å². The summed E-state index contributed by atoms with van der Waals surface area (Å²) >= 11 is 0. The maximum Gasteiger partial charge on any atom is 0.147 e. The number of likely N-dealkylation sites (N-methyl/N-ethyl adjacent to an activating group) is 2. The van der Waals surface area contributed by atoms with Gasteiger partial charge in [0.25, 0.3) is 0 Å². The van der Waals surface area contributed by atoms with E-state index in [0.717, 1.165) is 35.9 Å². The molecule has 0 amide bonds. The molecule has 0 saturated heterocycles. The Morgan fingerprint density at radius 1 is 1.08 bits per heavy atom. The molecular formula is C19H28N4O. The van der Waals surface area contributed by atoms with Crippen LogP contribution in [0.4, 0.5) is 5.82 Å². The van der Waals surface area contributed by atoms with Crippen LogP contribution in [0, 0.1) is 0 Å². The summed E-state index contributed by atoms with van der Waals surface area (Å²) in [4.78, 5) is 13.5. The second-order valence-electron chi connectivity index (χ2n) is 6.60. The van der Waals surface area contributed by atoms with E-state index in [1.807, 2.05) is 13.1 Å². The molecule has 0 N–H and O–H groups in total. The Balaban J connectivity index is 2.35. The molecule has 0 aliphatic carbocycles. The number of hydrogen-bond donors (Lipinski definition) is 0. The van der Waals surface area contributed by atoms with Crippen LogP contribution in [0.2, 0.25) is 0 Å². The molecule has 1 heterocycles. The smallest absolute Gasteiger partial charge is 0.147 e. The van der Waals surface area contributed by atoms with Crippen molar-refractivity contribution in [2.75, 3.05) is 46.2 Å². The van der Waals surface area contributed by atoms with Gasteiger partial charge in [0.1, 0.15) is 11.6 Å². The van der Waals surface area contributed by atoms with Gasteiger partial charge < -0.3 is 14.5 Å². The Labute approximate surface area is 145 Å². The summed E-state index contributed by atoms with van der Waals surface area (Å²) in [5, 5.41) is 0. The molecule has 5 heteroatoms. The SMILES string of the molecule is COc1ccc(C(C)C)cc1-c1cncc(N(C)CCN(C)C)n1. The minimum absolute atomic E-state index is 0.452. The summed E-state index contributed by atoms with van der Waals surface area (Å²) in [6.45, 7) is 6.23. The molecule has 1 aromatic heterocycles. The summed E-state index contributed by atoms with van der Waals surface area (Å²) in [7, 11) is 7.86. The van der Waals surface area contributed by atoms with Crippen molar-refractivity contribution >= 4 is 5.82 Å². The molecule has 0 atom stereocenters. The molecule has 0 unspecified atom stereocenters. The highest BCUT2D eigenvalue weighted by molar-refractivity contribution is 5.68. The molecule has 0 aliphatic rings. The van der Waals surface area contributed by atoms with E-state index in [4.69, 9.17) is 9.72 Å². The predicted octanol–water partition coefficient (Wildman–Crippen LogP) is 3.27. The Morgan fingerprint density at radius 3 is 2.46 bits per heavy atom. The summed E-state index contributed by atoms with van der Waals surface area (Å²) in [6.07, 6.45) is 3.60. The summed E-state index contributed by atoms with van der Waals surface area (Å²) in [5.41, 5.74) is 3.08. The highest BCUT2D eigenvalue weighted by atomic mass is 16.5. The fourth-order valence-electron chi connectivity index (χ4n) is 2.42. The van der Waals surface area contributed by atoms with Gasteiger partial charge in [-0.15, -0.1) is 0 Å². The minimum Gasteiger partial charge on any atom is -0.496 e. The highest BCUT2D eigenvalue weighted by Gasteiger charge is 2.12. The molecular weight excluding hydrogens is 300 g/mol. The first kappa shape index (κ1) is 18.2. The van der Waals surface area contributed by atoms with E-state index < -0.39 is 0 Å². The van der Waals surface area contributed by atoms with Crippen LogP contribution < -0.4 is 9.64 Å². The Kier molecular flexibility index (Phi) is 6.15. The first-order valence-corrected chi connectivity index (χ1v) is 8.28. The molecule has 0 radical (unpaired) electrons. The third-order valence-electron chi connectivity index (χ3n) is 4.06. The molecule has 0 spiro atoms. The van der Waals surface area contributed by atoms with E-state index in [1.54, 1.807) is 19.5 Å². The van der Waals surface area contributed by atoms with Crippen molar-refractivity contribution in [3.05, 3.63) is 36.2 Å². The van der Waals surface area contributed by atoms with Crippen molar-refractivity contribution < 1.29 is 4.74 Å². The number of aromatic nitrogens is 2. The van der Waals surface area contributed by atoms with Crippen LogP contribution in [0.15, 0.2) is 30.6 Å². The Morgan fingerprint density at radius 2 is 1.83 bits per heavy atom. The van der Waals surface area contributed by atoms with E-state index in [-0.39, 0.29) is 0 Å². The van der Waals surface area contributed by atoms with E-state index in [1.165, 1.54) is 5.56 Å². The van der Waals surface area contributed by atoms with Gasteiger partial charge in [-0.25, -0.2) is 4.98 Å². The van der Waals surface area contributed by atoms with E-state index >= 15 is 0 Å². The van der Waals surface area contributed by atoms with Crippen LogP contribution in [0.5, 0.6) is 5.75 Å². The lowest BCUT2D eigenvalue weighted by Gasteiger charge is -2.21. The van der Waals surface area contributed by atoms with Crippen molar-refractivity contribution in [1.82, 2.24) is 14.9 Å². The van der Waals surface area contributed by atoms with Gasteiger partial charge in [0.15, 0.2) is 0 Å². The lowest BCUT2D eigenvalue weighted by Crippen LogP contribution is -2.29. The van der Waals surface area contributed by atoms with Crippen molar-refractivity contribution in [2.45, 2.75) is 19.8 Å². The Hall–Kier alpha value is -2.14. The van der Waals surface area contributed by atoms with E-state index in [0.29, 0.717) is 5.92 Å². The zero-order chi connectivity index (χ0) is 17.7. The second-order valence-corrected chi connectivity index (χ2v) is 6.60. The van der Waals surface area contributed by atoms with Gasteiger partial charge >= 0.3 is 0 Å². The fraction of sp³-hybridized carbons (Fsp3) is 0.474. The lowest BCUT2D eigenvalue weighted by molar-refractivity contribution is 0.415.